The number of hydrogen-bond acceptors (Lipinski definition) is 9. The molecule has 0 unspecified atom stereocenters. The fraction of sp³-hybridized carbons (Fsp3) is 0.297. The molecule has 50 heavy (non-hydrogen) atoms. The number of anilines is 1. The molecule has 7 rings (SSSR count). The van der Waals surface area contributed by atoms with Crippen LogP contribution in [0, 0.1) is 29.6 Å². The number of ether oxygens (including phenoxy) is 3. The maximum atomic E-state index is 15.2. The summed E-state index contributed by atoms with van der Waals surface area (Å²) >= 11 is 12.6. The summed E-state index contributed by atoms with van der Waals surface area (Å²) in [6.45, 7) is 0. The minimum absolute atomic E-state index is 0.141. The normalized spacial score (nSPS) is 27.0. The highest BCUT2D eigenvalue weighted by atomic mass is 35.5. The predicted octanol–water partition coefficient (Wildman–Crippen LogP) is 5.54. The van der Waals surface area contributed by atoms with Crippen LogP contribution in [0.1, 0.15) is 24.0 Å². The van der Waals surface area contributed by atoms with Crippen molar-refractivity contribution in [2.45, 2.75) is 18.3 Å². The van der Waals surface area contributed by atoms with E-state index in [0.29, 0.717) is 34.0 Å². The Morgan fingerprint density at radius 2 is 1.62 bits per heavy atom. The summed E-state index contributed by atoms with van der Waals surface area (Å²) in [5, 5.41) is 14.6. The molecule has 3 N–H and O–H groups in total. The minimum Gasteiger partial charge on any atom is -0.502 e. The van der Waals surface area contributed by atoms with E-state index in [9.17, 15) is 19.5 Å². The summed E-state index contributed by atoms with van der Waals surface area (Å²) in [6.07, 6.45) is 6.01. The number of benzene rings is 3. The molecule has 11 nitrogen and oxygen atoms in total. The van der Waals surface area contributed by atoms with Crippen molar-refractivity contribution in [1.82, 2.24) is 10.3 Å². The summed E-state index contributed by atoms with van der Waals surface area (Å²) in [5.74, 6) is -4.51. The SMILES string of the molecule is COc1ccc([C@@]23C(=O)N(Nc4ccc(Cl)cc4Cl)C(=O)[C@@H]2C[C@@H]2C(=CC[C@@H]4C(=O)NC(=O)[C@@H]42)[C@@H]3C=Cc2cc(OC)c(O)c(OC)c2)cc1. The van der Waals surface area contributed by atoms with Crippen molar-refractivity contribution >= 4 is 58.6 Å². The van der Waals surface area contributed by atoms with Gasteiger partial charge in [0.25, 0.3) is 11.8 Å². The summed E-state index contributed by atoms with van der Waals surface area (Å²) in [7, 11) is 4.38. The van der Waals surface area contributed by atoms with E-state index in [0.717, 1.165) is 10.6 Å². The second kappa shape index (κ2) is 12.7. The molecule has 0 bridgehead atoms. The smallest absolute Gasteiger partial charge is 0.260 e. The zero-order chi connectivity index (χ0) is 35.5. The van der Waals surface area contributed by atoms with Crippen molar-refractivity contribution in [1.29, 1.82) is 0 Å². The van der Waals surface area contributed by atoms with Gasteiger partial charge in [0.15, 0.2) is 11.5 Å². The number of phenols is 1. The van der Waals surface area contributed by atoms with Gasteiger partial charge in [0.2, 0.25) is 17.6 Å². The lowest BCUT2D eigenvalue weighted by Crippen LogP contribution is -2.54. The molecule has 1 saturated carbocycles. The maximum Gasteiger partial charge on any atom is 0.260 e. The van der Waals surface area contributed by atoms with Gasteiger partial charge >= 0.3 is 0 Å². The number of hydrazine groups is 1. The van der Waals surface area contributed by atoms with Gasteiger partial charge in [-0.1, -0.05) is 59.1 Å². The van der Waals surface area contributed by atoms with Crippen molar-refractivity contribution in [3.8, 4) is 23.0 Å². The number of allylic oxidation sites excluding steroid dienone is 3. The first kappa shape index (κ1) is 33.5. The van der Waals surface area contributed by atoms with Gasteiger partial charge in [-0.3, -0.25) is 29.9 Å². The zero-order valence-corrected chi connectivity index (χ0v) is 28.7. The van der Waals surface area contributed by atoms with E-state index in [-0.39, 0.29) is 40.5 Å². The Morgan fingerprint density at radius 3 is 2.26 bits per heavy atom. The molecular formula is C37H33Cl2N3O8. The standard InChI is InChI=1S/C37H33Cl2N3O8/c1-48-21-8-5-19(6-9-21)37-25(12-4-18-14-29(49-2)32(43)30(15-18)50-3)22-10-11-23-31(34(45)40-33(23)44)24(22)17-26(37)35(46)42(36(37)47)41-28-13-7-20(38)16-27(28)39/h4-10,12-16,23-26,31,41,43H,11,17H2,1-3H3,(H,40,44,45)/t23-,24+,25-,26-,31-,37-/m0/s1. The van der Waals surface area contributed by atoms with Gasteiger partial charge in [0.05, 0.1) is 55.2 Å². The van der Waals surface area contributed by atoms with E-state index < -0.39 is 46.8 Å². The topological polar surface area (TPSA) is 144 Å². The zero-order valence-electron chi connectivity index (χ0n) is 27.2. The molecule has 4 amide bonds. The maximum absolute atomic E-state index is 15.2. The summed E-state index contributed by atoms with van der Waals surface area (Å²) in [5.41, 5.74) is 3.70. The molecule has 4 aliphatic rings. The molecule has 0 spiro atoms. The average molecular weight is 719 g/mol. The number of carbonyl (C=O) groups is 4. The van der Waals surface area contributed by atoms with Crippen LogP contribution in [-0.2, 0) is 24.6 Å². The minimum atomic E-state index is -1.49. The number of imide groups is 2. The number of phenolic OH excluding ortho intramolecular Hbond substituents is 1. The molecule has 3 aromatic rings. The lowest BCUT2D eigenvalue weighted by molar-refractivity contribution is -0.139. The Balaban J connectivity index is 1.44. The molecule has 2 aliphatic carbocycles. The van der Waals surface area contributed by atoms with Crippen LogP contribution in [0.2, 0.25) is 10.0 Å². The predicted molar refractivity (Wildman–Crippen MR) is 185 cm³/mol. The highest BCUT2D eigenvalue weighted by Gasteiger charge is 2.69. The monoisotopic (exact) mass is 717 g/mol. The van der Waals surface area contributed by atoms with Gasteiger partial charge < -0.3 is 19.3 Å². The second-order valence-electron chi connectivity index (χ2n) is 12.7. The molecule has 3 fully saturated rings. The number of aromatic hydroxyl groups is 1. The van der Waals surface area contributed by atoms with Crippen LogP contribution in [0.3, 0.4) is 0 Å². The third kappa shape index (κ3) is 5.10. The van der Waals surface area contributed by atoms with Gasteiger partial charge in [0.1, 0.15) is 5.75 Å². The number of amides is 4. The van der Waals surface area contributed by atoms with E-state index in [1.54, 1.807) is 54.6 Å². The van der Waals surface area contributed by atoms with E-state index in [2.05, 4.69) is 10.7 Å². The van der Waals surface area contributed by atoms with E-state index in [1.165, 1.54) is 27.4 Å². The second-order valence-corrected chi connectivity index (χ2v) is 13.6. The molecule has 2 saturated heterocycles. The number of rotatable bonds is 8. The van der Waals surface area contributed by atoms with Crippen LogP contribution < -0.4 is 25.0 Å². The third-order valence-corrected chi connectivity index (χ3v) is 11.0. The number of methoxy groups -OCH3 is 3. The van der Waals surface area contributed by atoms with Crippen LogP contribution in [0.25, 0.3) is 6.08 Å². The Labute approximate surface area is 297 Å². The molecule has 0 aromatic heterocycles. The molecule has 3 aromatic carbocycles. The number of nitrogens with one attached hydrogen (secondary N) is 2. The lowest BCUT2D eigenvalue weighted by atomic mass is 9.50. The Hall–Kier alpha value is -5.00. The third-order valence-electron chi connectivity index (χ3n) is 10.5. The van der Waals surface area contributed by atoms with Gasteiger partial charge in [0, 0.05) is 10.9 Å². The number of carbonyl (C=O) groups excluding carboxylic acids is 4. The first-order chi connectivity index (χ1) is 24.0. The number of hydrogen-bond donors (Lipinski definition) is 3. The molecule has 6 atom stereocenters. The number of nitrogens with zero attached hydrogens (tertiary/aromatic N) is 1. The highest BCUT2D eigenvalue weighted by Crippen LogP contribution is 2.61. The van der Waals surface area contributed by atoms with Crippen molar-refractivity contribution in [2.75, 3.05) is 26.8 Å². The van der Waals surface area contributed by atoms with Crippen LogP contribution in [-0.4, -0.2) is 55.1 Å². The van der Waals surface area contributed by atoms with E-state index in [4.69, 9.17) is 37.4 Å². The Morgan fingerprint density at radius 1 is 0.920 bits per heavy atom. The largest absolute Gasteiger partial charge is 0.502 e. The van der Waals surface area contributed by atoms with Gasteiger partial charge in [-0.25, -0.2) is 0 Å². The van der Waals surface area contributed by atoms with Crippen LogP contribution in [0.15, 0.2) is 72.3 Å². The number of fused-ring (bicyclic) bond motifs is 4. The van der Waals surface area contributed by atoms with Crippen molar-refractivity contribution in [3.63, 3.8) is 0 Å². The molecular weight excluding hydrogens is 685 g/mol. The first-order valence-electron chi connectivity index (χ1n) is 16.0. The Kier molecular flexibility index (Phi) is 8.52. The quantitative estimate of drug-likeness (QED) is 0.202. The van der Waals surface area contributed by atoms with E-state index >= 15 is 4.79 Å². The molecule has 2 aliphatic heterocycles. The average Bonchev–Trinajstić information content (AvgIpc) is 3.52. The Bertz CT molecular complexity index is 1970. The van der Waals surface area contributed by atoms with Crippen molar-refractivity contribution in [2.24, 2.45) is 29.6 Å². The van der Waals surface area contributed by atoms with Crippen molar-refractivity contribution in [3.05, 3.63) is 93.5 Å². The van der Waals surface area contributed by atoms with Gasteiger partial charge in [-0.05, 0) is 72.4 Å². The fourth-order valence-electron chi connectivity index (χ4n) is 8.22. The lowest BCUT2D eigenvalue weighted by Gasteiger charge is -2.49. The highest BCUT2D eigenvalue weighted by molar-refractivity contribution is 6.36. The molecule has 258 valence electrons. The molecule has 0 radical (unpaired) electrons. The van der Waals surface area contributed by atoms with E-state index in [1.807, 2.05) is 12.2 Å². The van der Waals surface area contributed by atoms with Gasteiger partial charge in [-0.2, -0.15) is 5.01 Å². The first-order valence-corrected chi connectivity index (χ1v) is 16.7. The summed E-state index contributed by atoms with van der Waals surface area (Å²) in [6, 6.07) is 15.0. The van der Waals surface area contributed by atoms with Gasteiger partial charge in [-0.15, -0.1) is 0 Å². The van der Waals surface area contributed by atoms with Crippen LogP contribution in [0.5, 0.6) is 23.0 Å². The molecule has 13 heteroatoms. The summed E-state index contributed by atoms with van der Waals surface area (Å²) in [4.78, 5) is 56.0. The van der Waals surface area contributed by atoms with Crippen LogP contribution >= 0.6 is 23.2 Å². The van der Waals surface area contributed by atoms with Crippen LogP contribution in [0.4, 0.5) is 5.69 Å². The molecule has 2 heterocycles. The summed E-state index contributed by atoms with van der Waals surface area (Å²) < 4.78 is 16.2. The number of halogens is 2. The van der Waals surface area contributed by atoms with Crippen molar-refractivity contribution < 1.29 is 38.5 Å². The fourth-order valence-corrected chi connectivity index (χ4v) is 8.67.